The lowest BCUT2D eigenvalue weighted by Crippen LogP contribution is -2.19. The molecule has 1 unspecified atom stereocenters. The van der Waals surface area contributed by atoms with Gasteiger partial charge in [0.15, 0.2) is 0 Å². The second-order valence-corrected chi connectivity index (χ2v) is 3.64. The van der Waals surface area contributed by atoms with Gasteiger partial charge in [0.2, 0.25) is 0 Å². The van der Waals surface area contributed by atoms with Gasteiger partial charge in [-0.15, -0.1) is 0 Å². The van der Waals surface area contributed by atoms with Gasteiger partial charge >= 0.3 is 6.18 Å². The molecule has 0 spiro atoms. The number of alkyl halides is 3. The van der Waals surface area contributed by atoms with E-state index < -0.39 is 23.7 Å². The van der Waals surface area contributed by atoms with Crippen LogP contribution in [0.1, 0.15) is 18.9 Å². The van der Waals surface area contributed by atoms with E-state index in [1.165, 1.54) is 0 Å². The molecule has 0 saturated heterocycles. The van der Waals surface area contributed by atoms with E-state index in [0.717, 1.165) is 6.07 Å². The summed E-state index contributed by atoms with van der Waals surface area (Å²) >= 11 is 0. The molecule has 1 aromatic carbocycles. The van der Waals surface area contributed by atoms with Gasteiger partial charge in [-0.3, -0.25) is 0 Å². The van der Waals surface area contributed by atoms with Crippen molar-refractivity contribution in [2.75, 3.05) is 11.9 Å². The Morgan fingerprint density at radius 2 is 2.00 bits per heavy atom. The number of benzene rings is 1. The molecule has 1 rings (SSSR count). The van der Waals surface area contributed by atoms with Gasteiger partial charge in [0.05, 0.1) is 17.4 Å². The lowest BCUT2D eigenvalue weighted by molar-refractivity contribution is -0.137. The fourth-order valence-corrected chi connectivity index (χ4v) is 1.21. The third kappa shape index (κ3) is 3.89. The van der Waals surface area contributed by atoms with Crippen LogP contribution in [-0.2, 0) is 6.18 Å². The summed E-state index contributed by atoms with van der Waals surface area (Å²) in [5.74, 6) is -0.777. The highest BCUT2D eigenvalue weighted by Crippen LogP contribution is 2.31. The van der Waals surface area contributed by atoms with E-state index in [1.807, 2.05) is 0 Å². The zero-order valence-electron chi connectivity index (χ0n) is 9.18. The van der Waals surface area contributed by atoms with Crippen molar-refractivity contribution in [3.63, 3.8) is 0 Å². The molecule has 17 heavy (non-hydrogen) atoms. The molecule has 0 aliphatic carbocycles. The van der Waals surface area contributed by atoms with Crippen molar-refractivity contribution in [1.29, 1.82) is 0 Å². The first kappa shape index (κ1) is 13.8. The summed E-state index contributed by atoms with van der Waals surface area (Å²) < 4.78 is 50.3. The van der Waals surface area contributed by atoms with E-state index in [0.29, 0.717) is 18.6 Å². The summed E-state index contributed by atoms with van der Waals surface area (Å²) in [5.41, 5.74) is -1.18. The minimum absolute atomic E-state index is 0.00866. The SMILES string of the molecule is CCC(O)CNc1cc(C(F)(F)F)ccc1F. The van der Waals surface area contributed by atoms with Crippen LogP contribution in [0.5, 0.6) is 0 Å². The summed E-state index contributed by atoms with van der Waals surface area (Å²) in [4.78, 5) is 0. The Kier molecular flexibility index (Phi) is 4.34. The highest BCUT2D eigenvalue weighted by Gasteiger charge is 2.31. The van der Waals surface area contributed by atoms with Crippen LogP contribution < -0.4 is 5.32 Å². The van der Waals surface area contributed by atoms with Crippen LogP contribution in [0.25, 0.3) is 0 Å². The lowest BCUT2D eigenvalue weighted by Gasteiger charge is -2.13. The Balaban J connectivity index is 2.84. The Morgan fingerprint density at radius 1 is 1.35 bits per heavy atom. The van der Waals surface area contributed by atoms with Crippen molar-refractivity contribution in [1.82, 2.24) is 0 Å². The van der Waals surface area contributed by atoms with Crippen molar-refractivity contribution in [2.24, 2.45) is 0 Å². The average molecular weight is 251 g/mol. The molecule has 0 aliphatic rings. The van der Waals surface area contributed by atoms with E-state index in [2.05, 4.69) is 5.32 Å². The fourth-order valence-electron chi connectivity index (χ4n) is 1.21. The molecule has 0 amide bonds. The number of aliphatic hydroxyl groups excluding tert-OH is 1. The first-order valence-electron chi connectivity index (χ1n) is 5.13. The lowest BCUT2D eigenvalue weighted by atomic mass is 10.1. The molecule has 2 N–H and O–H groups in total. The van der Waals surface area contributed by atoms with Crippen LogP contribution >= 0.6 is 0 Å². The normalized spacial score (nSPS) is 13.5. The molecule has 96 valence electrons. The second kappa shape index (κ2) is 5.35. The molecule has 2 nitrogen and oxygen atoms in total. The number of nitrogens with one attached hydrogen (secondary N) is 1. The van der Waals surface area contributed by atoms with E-state index in [-0.39, 0.29) is 12.2 Å². The van der Waals surface area contributed by atoms with Crippen LogP contribution in [0.4, 0.5) is 23.2 Å². The molecule has 0 heterocycles. The van der Waals surface area contributed by atoms with Gasteiger partial charge in [-0.25, -0.2) is 4.39 Å². The minimum Gasteiger partial charge on any atom is -0.391 e. The number of anilines is 1. The second-order valence-electron chi connectivity index (χ2n) is 3.64. The first-order valence-corrected chi connectivity index (χ1v) is 5.13. The predicted molar refractivity (Wildman–Crippen MR) is 56.2 cm³/mol. The summed E-state index contributed by atoms with van der Waals surface area (Å²) in [6, 6.07) is 2.12. The number of halogens is 4. The quantitative estimate of drug-likeness (QED) is 0.806. The van der Waals surface area contributed by atoms with E-state index >= 15 is 0 Å². The maximum absolute atomic E-state index is 13.2. The molecule has 0 aliphatic heterocycles. The van der Waals surface area contributed by atoms with E-state index in [9.17, 15) is 22.7 Å². The smallest absolute Gasteiger partial charge is 0.391 e. The van der Waals surface area contributed by atoms with Gasteiger partial charge in [-0.1, -0.05) is 6.92 Å². The monoisotopic (exact) mass is 251 g/mol. The predicted octanol–water partition coefficient (Wildman–Crippen LogP) is 3.03. The summed E-state index contributed by atoms with van der Waals surface area (Å²) in [6.07, 6.45) is -4.79. The number of hydrogen-bond donors (Lipinski definition) is 2. The molecule has 0 aromatic heterocycles. The van der Waals surface area contributed by atoms with Gasteiger partial charge < -0.3 is 10.4 Å². The molecule has 0 saturated carbocycles. The number of rotatable bonds is 4. The highest BCUT2D eigenvalue weighted by molar-refractivity contribution is 5.48. The highest BCUT2D eigenvalue weighted by atomic mass is 19.4. The van der Waals surface area contributed by atoms with Crippen molar-refractivity contribution in [3.05, 3.63) is 29.6 Å². The van der Waals surface area contributed by atoms with Crippen molar-refractivity contribution in [2.45, 2.75) is 25.6 Å². The van der Waals surface area contributed by atoms with E-state index in [4.69, 9.17) is 0 Å². The summed E-state index contributed by atoms with van der Waals surface area (Å²) in [5, 5.41) is 11.7. The fraction of sp³-hybridized carbons (Fsp3) is 0.455. The van der Waals surface area contributed by atoms with Crippen LogP contribution in [-0.4, -0.2) is 17.8 Å². The van der Waals surface area contributed by atoms with Gasteiger partial charge in [-0.05, 0) is 24.6 Å². The first-order chi connectivity index (χ1) is 7.84. The Labute approximate surface area is 96.3 Å². The number of aliphatic hydroxyl groups is 1. The maximum atomic E-state index is 13.2. The Morgan fingerprint density at radius 3 is 2.53 bits per heavy atom. The standard InChI is InChI=1S/C11H13F4NO/c1-2-8(17)6-16-10-5-7(11(13,14)15)3-4-9(10)12/h3-5,8,16-17H,2,6H2,1H3. The van der Waals surface area contributed by atoms with Crippen LogP contribution in [0.2, 0.25) is 0 Å². The third-order valence-electron chi connectivity index (χ3n) is 2.29. The zero-order valence-corrected chi connectivity index (χ0v) is 9.18. The van der Waals surface area contributed by atoms with Gasteiger partial charge in [0.25, 0.3) is 0 Å². The van der Waals surface area contributed by atoms with E-state index in [1.54, 1.807) is 6.92 Å². The molecule has 1 atom stereocenters. The Bertz CT molecular complexity index is 378. The van der Waals surface area contributed by atoms with Crippen LogP contribution in [0.15, 0.2) is 18.2 Å². The molecule has 0 bridgehead atoms. The Hall–Kier alpha value is -1.30. The van der Waals surface area contributed by atoms with Gasteiger partial charge in [0, 0.05) is 6.54 Å². The molecular weight excluding hydrogens is 238 g/mol. The minimum atomic E-state index is -4.51. The molecule has 6 heteroatoms. The molecule has 1 aromatic rings. The van der Waals surface area contributed by atoms with Crippen molar-refractivity contribution < 1.29 is 22.7 Å². The maximum Gasteiger partial charge on any atom is 0.416 e. The number of hydrogen-bond acceptors (Lipinski definition) is 2. The van der Waals surface area contributed by atoms with Crippen LogP contribution in [0, 0.1) is 5.82 Å². The van der Waals surface area contributed by atoms with Crippen molar-refractivity contribution in [3.8, 4) is 0 Å². The molecular formula is C11H13F4NO. The average Bonchev–Trinajstić information content (AvgIpc) is 2.26. The summed E-state index contributed by atoms with van der Waals surface area (Å²) in [6.45, 7) is 1.73. The van der Waals surface area contributed by atoms with Gasteiger partial charge in [-0.2, -0.15) is 13.2 Å². The molecule has 0 radical (unpaired) electrons. The summed E-state index contributed by atoms with van der Waals surface area (Å²) in [7, 11) is 0. The van der Waals surface area contributed by atoms with Gasteiger partial charge in [0.1, 0.15) is 5.82 Å². The molecule has 0 fully saturated rings. The van der Waals surface area contributed by atoms with Crippen molar-refractivity contribution >= 4 is 5.69 Å². The third-order valence-corrected chi connectivity index (χ3v) is 2.29. The van der Waals surface area contributed by atoms with Crippen LogP contribution in [0.3, 0.4) is 0 Å². The zero-order chi connectivity index (χ0) is 13.1. The topological polar surface area (TPSA) is 32.3 Å². The largest absolute Gasteiger partial charge is 0.416 e.